The molecule has 0 radical (unpaired) electrons. The number of aryl methyl sites for hydroxylation is 1. The highest BCUT2D eigenvalue weighted by Gasteiger charge is 2.18. The molecule has 2 heteroatoms. The van der Waals surface area contributed by atoms with Gasteiger partial charge in [-0.3, -0.25) is 0 Å². The predicted octanol–water partition coefficient (Wildman–Crippen LogP) is 3.43. The summed E-state index contributed by atoms with van der Waals surface area (Å²) >= 11 is 0. The maximum atomic E-state index is 5.33. The lowest BCUT2D eigenvalue weighted by Crippen LogP contribution is -2.34. The Bertz CT molecular complexity index is 362. The van der Waals surface area contributed by atoms with Gasteiger partial charge in [-0.25, -0.2) is 0 Å². The zero-order chi connectivity index (χ0) is 14.3. The van der Waals surface area contributed by atoms with Crippen LogP contribution >= 0.6 is 0 Å². The van der Waals surface area contributed by atoms with E-state index in [2.05, 4.69) is 57.3 Å². The van der Waals surface area contributed by atoms with Crippen LogP contribution in [-0.2, 0) is 11.2 Å². The Morgan fingerprint density at radius 1 is 1.21 bits per heavy atom. The van der Waals surface area contributed by atoms with E-state index < -0.39 is 0 Å². The highest BCUT2D eigenvalue weighted by Crippen LogP contribution is 2.18. The van der Waals surface area contributed by atoms with Crippen LogP contribution in [0.15, 0.2) is 24.3 Å². The molecule has 108 valence electrons. The van der Waals surface area contributed by atoms with Crippen molar-refractivity contribution >= 4 is 0 Å². The minimum Gasteiger partial charge on any atom is -0.384 e. The minimum absolute atomic E-state index is 0.537. The van der Waals surface area contributed by atoms with Gasteiger partial charge in [0.05, 0.1) is 0 Å². The molecule has 0 aromatic heterocycles. The molecule has 0 amide bonds. The fourth-order valence-electron chi connectivity index (χ4n) is 2.40. The van der Waals surface area contributed by atoms with Crippen LogP contribution in [-0.4, -0.2) is 26.3 Å². The Hall–Kier alpha value is -0.860. The van der Waals surface area contributed by atoms with Gasteiger partial charge in [0.2, 0.25) is 0 Å². The summed E-state index contributed by atoms with van der Waals surface area (Å²) in [6, 6.07) is 9.37. The number of rotatable bonds is 8. The highest BCUT2D eigenvalue weighted by atomic mass is 16.5. The van der Waals surface area contributed by atoms with Crippen molar-refractivity contribution in [1.29, 1.82) is 0 Å². The van der Waals surface area contributed by atoms with Gasteiger partial charge in [0.1, 0.15) is 0 Å². The van der Waals surface area contributed by atoms with Gasteiger partial charge in [0.25, 0.3) is 0 Å². The molecule has 0 spiro atoms. The number of hydrogen-bond donors (Lipinski definition) is 1. The lowest BCUT2D eigenvalue weighted by molar-refractivity contribution is 0.127. The molecule has 2 nitrogen and oxygen atoms in total. The second-order valence-electron chi connectivity index (χ2n) is 5.95. The predicted molar refractivity (Wildman–Crippen MR) is 82.6 cm³/mol. The van der Waals surface area contributed by atoms with Crippen molar-refractivity contribution in [2.45, 2.75) is 40.2 Å². The van der Waals surface area contributed by atoms with Gasteiger partial charge in [-0.1, -0.05) is 50.6 Å². The summed E-state index contributed by atoms with van der Waals surface area (Å²) in [5, 5.41) is 3.56. The second-order valence-corrected chi connectivity index (χ2v) is 5.95. The van der Waals surface area contributed by atoms with Crippen LogP contribution in [0.4, 0.5) is 0 Å². The van der Waals surface area contributed by atoms with Crippen LogP contribution in [0, 0.1) is 18.8 Å². The number of nitrogens with one attached hydrogen (secondary N) is 1. The summed E-state index contributed by atoms with van der Waals surface area (Å²) in [4.78, 5) is 0. The summed E-state index contributed by atoms with van der Waals surface area (Å²) in [5.41, 5.74) is 2.77. The third-order valence-corrected chi connectivity index (χ3v) is 3.60. The van der Waals surface area contributed by atoms with Crippen molar-refractivity contribution in [2.75, 3.05) is 20.3 Å². The molecule has 0 bridgehead atoms. The van der Waals surface area contributed by atoms with E-state index in [1.165, 1.54) is 11.1 Å². The molecule has 0 aliphatic heterocycles. The Morgan fingerprint density at radius 2 is 1.95 bits per heavy atom. The topological polar surface area (TPSA) is 21.3 Å². The van der Waals surface area contributed by atoms with E-state index in [1.807, 2.05) is 0 Å². The van der Waals surface area contributed by atoms with E-state index in [0.717, 1.165) is 19.6 Å². The molecule has 1 N–H and O–H groups in total. The summed E-state index contributed by atoms with van der Waals surface area (Å²) in [6.07, 6.45) is 1.12. The average Bonchev–Trinajstić information content (AvgIpc) is 2.34. The molecule has 0 saturated carbocycles. The van der Waals surface area contributed by atoms with Crippen molar-refractivity contribution < 1.29 is 4.74 Å². The first-order valence-corrected chi connectivity index (χ1v) is 7.30. The molecular formula is C17H29NO. The van der Waals surface area contributed by atoms with Gasteiger partial charge in [-0.2, -0.15) is 0 Å². The number of benzene rings is 1. The SMILES string of the molecule is COCC(C)C(CNC(C)C)Cc1cccc(C)c1. The summed E-state index contributed by atoms with van der Waals surface area (Å²) in [6.45, 7) is 10.7. The monoisotopic (exact) mass is 263 g/mol. The Kier molecular flexibility index (Phi) is 7.11. The Labute approximate surface area is 118 Å². The first kappa shape index (κ1) is 16.2. The average molecular weight is 263 g/mol. The molecule has 1 aromatic rings. The quantitative estimate of drug-likeness (QED) is 0.776. The van der Waals surface area contributed by atoms with Crippen LogP contribution in [0.3, 0.4) is 0 Å². The molecule has 0 aliphatic carbocycles. The number of ether oxygens (including phenoxy) is 1. The van der Waals surface area contributed by atoms with Gasteiger partial charge in [0.15, 0.2) is 0 Å². The van der Waals surface area contributed by atoms with E-state index >= 15 is 0 Å². The van der Waals surface area contributed by atoms with E-state index in [1.54, 1.807) is 7.11 Å². The fraction of sp³-hybridized carbons (Fsp3) is 0.647. The minimum atomic E-state index is 0.537. The molecule has 19 heavy (non-hydrogen) atoms. The first-order chi connectivity index (χ1) is 9.02. The zero-order valence-electron chi connectivity index (χ0n) is 13.1. The standard InChI is InChI=1S/C17H29NO/c1-13(2)18-11-17(15(4)12-19-5)10-16-8-6-7-14(3)9-16/h6-9,13,15,17-18H,10-12H2,1-5H3. The van der Waals surface area contributed by atoms with Crippen LogP contribution < -0.4 is 5.32 Å². The Balaban J connectivity index is 2.67. The van der Waals surface area contributed by atoms with Crippen LogP contribution in [0.5, 0.6) is 0 Å². The third kappa shape index (κ3) is 6.22. The second kappa shape index (κ2) is 8.34. The number of hydrogen-bond acceptors (Lipinski definition) is 2. The van der Waals surface area contributed by atoms with Crippen LogP contribution in [0.1, 0.15) is 31.9 Å². The smallest absolute Gasteiger partial charge is 0.0491 e. The zero-order valence-corrected chi connectivity index (χ0v) is 13.1. The maximum Gasteiger partial charge on any atom is 0.0491 e. The van der Waals surface area contributed by atoms with Gasteiger partial charge in [-0.05, 0) is 37.3 Å². The number of methoxy groups -OCH3 is 1. The molecule has 2 unspecified atom stereocenters. The highest BCUT2D eigenvalue weighted by molar-refractivity contribution is 5.22. The van der Waals surface area contributed by atoms with Gasteiger partial charge < -0.3 is 10.1 Å². The van der Waals surface area contributed by atoms with E-state index in [9.17, 15) is 0 Å². The van der Waals surface area contributed by atoms with Crippen LogP contribution in [0.2, 0.25) is 0 Å². The van der Waals surface area contributed by atoms with Gasteiger partial charge in [-0.15, -0.1) is 0 Å². The molecule has 1 aromatic carbocycles. The van der Waals surface area contributed by atoms with Crippen molar-refractivity contribution in [1.82, 2.24) is 5.32 Å². The molecule has 0 fully saturated rings. The van der Waals surface area contributed by atoms with E-state index in [-0.39, 0.29) is 0 Å². The van der Waals surface area contributed by atoms with Crippen molar-refractivity contribution in [2.24, 2.45) is 11.8 Å². The largest absolute Gasteiger partial charge is 0.384 e. The summed E-state index contributed by atoms with van der Waals surface area (Å²) in [7, 11) is 1.79. The normalized spacial score (nSPS) is 14.6. The lowest BCUT2D eigenvalue weighted by Gasteiger charge is -2.25. The summed E-state index contributed by atoms with van der Waals surface area (Å²) < 4.78 is 5.33. The molecule has 0 aliphatic rings. The molecule has 2 atom stereocenters. The van der Waals surface area contributed by atoms with Crippen molar-refractivity contribution in [3.05, 3.63) is 35.4 Å². The van der Waals surface area contributed by atoms with E-state index in [0.29, 0.717) is 17.9 Å². The summed E-state index contributed by atoms with van der Waals surface area (Å²) in [5.74, 6) is 1.18. The first-order valence-electron chi connectivity index (χ1n) is 7.30. The molecule has 1 rings (SSSR count). The van der Waals surface area contributed by atoms with Gasteiger partial charge >= 0.3 is 0 Å². The van der Waals surface area contributed by atoms with Gasteiger partial charge in [0, 0.05) is 19.8 Å². The maximum absolute atomic E-state index is 5.33. The Morgan fingerprint density at radius 3 is 2.53 bits per heavy atom. The van der Waals surface area contributed by atoms with Crippen molar-refractivity contribution in [3.8, 4) is 0 Å². The molecule has 0 saturated heterocycles. The molecule has 0 heterocycles. The van der Waals surface area contributed by atoms with Crippen molar-refractivity contribution in [3.63, 3.8) is 0 Å². The molecular weight excluding hydrogens is 234 g/mol. The lowest BCUT2D eigenvalue weighted by atomic mass is 9.87. The third-order valence-electron chi connectivity index (χ3n) is 3.60. The van der Waals surface area contributed by atoms with E-state index in [4.69, 9.17) is 4.74 Å². The van der Waals surface area contributed by atoms with Crippen LogP contribution in [0.25, 0.3) is 0 Å². The fourth-order valence-corrected chi connectivity index (χ4v) is 2.40.